The summed E-state index contributed by atoms with van der Waals surface area (Å²) in [5.74, 6) is -0.180. The summed E-state index contributed by atoms with van der Waals surface area (Å²) in [5, 5.41) is 6.25. The predicted octanol–water partition coefficient (Wildman–Crippen LogP) is 7.85. The zero-order valence-corrected chi connectivity index (χ0v) is 21.1. The Morgan fingerprint density at radius 3 is 2.62 bits per heavy atom. The molecule has 0 radical (unpaired) electrons. The van der Waals surface area contributed by atoms with Gasteiger partial charge in [-0.15, -0.1) is 0 Å². The Kier molecular flexibility index (Phi) is 6.45. The second kappa shape index (κ2) is 9.51. The van der Waals surface area contributed by atoms with E-state index in [9.17, 15) is 4.79 Å². The van der Waals surface area contributed by atoms with E-state index < -0.39 is 0 Å². The minimum Gasteiger partial charge on any atom is -0.342 e. The summed E-state index contributed by atoms with van der Waals surface area (Å²) in [6, 6.07) is 19.1. The number of thioether (sulfide) groups is 1. The second-order valence-electron chi connectivity index (χ2n) is 7.88. The molecule has 170 valence electrons. The largest absolute Gasteiger partial charge is 0.342 e. The molecular formula is C26H18Cl3N3OS. The van der Waals surface area contributed by atoms with Gasteiger partial charge in [0.15, 0.2) is 5.17 Å². The van der Waals surface area contributed by atoms with E-state index >= 15 is 0 Å². The summed E-state index contributed by atoms with van der Waals surface area (Å²) in [5.41, 5.74) is 4.66. The molecule has 1 aliphatic heterocycles. The maximum absolute atomic E-state index is 12.7. The van der Waals surface area contributed by atoms with Crippen molar-refractivity contribution in [3.63, 3.8) is 0 Å². The third-order valence-corrected chi connectivity index (χ3v) is 7.24. The number of rotatable bonds is 4. The summed E-state index contributed by atoms with van der Waals surface area (Å²) in [6.45, 7) is 2.54. The smallest absolute Gasteiger partial charge is 0.264 e. The third kappa shape index (κ3) is 4.75. The van der Waals surface area contributed by atoms with Gasteiger partial charge in [-0.3, -0.25) is 4.79 Å². The van der Waals surface area contributed by atoms with E-state index in [1.165, 1.54) is 11.8 Å². The number of aryl methyl sites for hydroxylation is 1. The molecule has 2 heterocycles. The van der Waals surface area contributed by atoms with Gasteiger partial charge in [-0.25, -0.2) is 4.99 Å². The highest BCUT2D eigenvalue weighted by Crippen LogP contribution is 2.33. The van der Waals surface area contributed by atoms with Crippen molar-refractivity contribution in [2.45, 2.75) is 13.5 Å². The normalized spacial score (nSPS) is 16.1. The van der Waals surface area contributed by atoms with Gasteiger partial charge in [0.1, 0.15) is 0 Å². The van der Waals surface area contributed by atoms with Gasteiger partial charge >= 0.3 is 0 Å². The number of nitrogens with zero attached hydrogens (tertiary/aromatic N) is 2. The van der Waals surface area contributed by atoms with Crippen molar-refractivity contribution in [2.75, 3.05) is 0 Å². The van der Waals surface area contributed by atoms with E-state index in [2.05, 4.69) is 20.9 Å². The number of amides is 1. The number of hydrogen-bond donors (Lipinski definition) is 1. The highest BCUT2D eigenvalue weighted by molar-refractivity contribution is 8.18. The van der Waals surface area contributed by atoms with Crippen LogP contribution < -0.4 is 5.32 Å². The van der Waals surface area contributed by atoms with Gasteiger partial charge in [0.05, 0.1) is 10.6 Å². The molecule has 0 saturated carbocycles. The van der Waals surface area contributed by atoms with Crippen molar-refractivity contribution >= 4 is 80.3 Å². The van der Waals surface area contributed by atoms with Crippen LogP contribution in [0.3, 0.4) is 0 Å². The van der Waals surface area contributed by atoms with Crippen LogP contribution in [0, 0.1) is 6.92 Å². The maximum Gasteiger partial charge on any atom is 0.264 e. The number of aliphatic imine (C=N–C) groups is 1. The quantitative estimate of drug-likeness (QED) is 0.275. The summed E-state index contributed by atoms with van der Waals surface area (Å²) in [7, 11) is 0. The average molecular weight is 527 g/mol. The Morgan fingerprint density at radius 2 is 1.79 bits per heavy atom. The number of nitrogens with one attached hydrogen (secondary N) is 1. The Balaban J connectivity index is 1.49. The number of carbonyl (C=O) groups excluding carboxylic acids is 1. The fourth-order valence-corrected chi connectivity index (χ4v) is 5.25. The molecule has 0 bridgehead atoms. The fraction of sp³-hybridized carbons (Fsp3) is 0.0769. The van der Waals surface area contributed by atoms with Gasteiger partial charge in [-0.2, -0.15) is 0 Å². The lowest BCUT2D eigenvalue weighted by atomic mass is 10.1. The molecule has 5 rings (SSSR count). The van der Waals surface area contributed by atoms with E-state index in [0.29, 0.717) is 31.7 Å². The standard InChI is InChI=1S/C26H18Cl3N3OS/c1-15-6-8-19(28)12-22(15)30-26-31-25(33)24(34-26)10-17-14-32(23-5-3-2-4-20(17)23)13-16-7-9-18(27)11-21(16)29/h2-12,14H,13H2,1H3,(H,30,31,33)/b24-10-. The van der Waals surface area contributed by atoms with Gasteiger partial charge in [-0.05, 0) is 66.2 Å². The lowest BCUT2D eigenvalue weighted by molar-refractivity contribution is -0.115. The molecule has 1 aromatic heterocycles. The first-order valence-corrected chi connectivity index (χ1v) is 12.4. The average Bonchev–Trinajstić information content (AvgIpc) is 3.33. The van der Waals surface area contributed by atoms with Gasteiger partial charge < -0.3 is 9.88 Å². The molecule has 1 fully saturated rings. The zero-order chi connectivity index (χ0) is 23.8. The SMILES string of the molecule is Cc1ccc(Cl)cc1N=C1NC(=O)/C(=C/c2cn(Cc3ccc(Cl)cc3Cl)c3ccccc23)S1. The number of carbonyl (C=O) groups is 1. The maximum atomic E-state index is 12.7. The summed E-state index contributed by atoms with van der Waals surface area (Å²) < 4.78 is 2.12. The van der Waals surface area contributed by atoms with E-state index in [1.807, 2.05) is 61.7 Å². The Labute approximate surface area is 216 Å². The Morgan fingerprint density at radius 1 is 1.03 bits per heavy atom. The molecule has 0 unspecified atom stereocenters. The van der Waals surface area contributed by atoms with Crippen molar-refractivity contribution in [3.05, 3.63) is 104 Å². The summed E-state index contributed by atoms with van der Waals surface area (Å²) in [6.07, 6.45) is 3.93. The molecule has 0 aliphatic carbocycles. The van der Waals surface area contributed by atoms with Gasteiger partial charge in [-0.1, -0.05) is 65.1 Å². The van der Waals surface area contributed by atoms with Gasteiger partial charge in [0.2, 0.25) is 0 Å². The van der Waals surface area contributed by atoms with Crippen LogP contribution in [-0.4, -0.2) is 15.6 Å². The van der Waals surface area contributed by atoms with Crippen LogP contribution in [0.5, 0.6) is 0 Å². The van der Waals surface area contributed by atoms with Crippen LogP contribution in [0.25, 0.3) is 17.0 Å². The lowest BCUT2D eigenvalue weighted by Gasteiger charge is -2.08. The number of aromatic nitrogens is 1. The second-order valence-corrected chi connectivity index (χ2v) is 10.2. The number of hydrogen-bond acceptors (Lipinski definition) is 3. The van der Waals surface area contributed by atoms with E-state index in [4.69, 9.17) is 34.8 Å². The van der Waals surface area contributed by atoms with E-state index in [0.717, 1.165) is 33.3 Å². The molecule has 4 aromatic rings. The number of halogens is 3. The van der Waals surface area contributed by atoms with E-state index in [-0.39, 0.29) is 5.91 Å². The van der Waals surface area contributed by atoms with Crippen LogP contribution in [-0.2, 0) is 11.3 Å². The molecular weight excluding hydrogens is 509 g/mol. The molecule has 0 atom stereocenters. The molecule has 4 nitrogen and oxygen atoms in total. The number of fused-ring (bicyclic) bond motifs is 1. The highest BCUT2D eigenvalue weighted by atomic mass is 35.5. The van der Waals surface area contributed by atoms with Crippen LogP contribution in [0.2, 0.25) is 15.1 Å². The summed E-state index contributed by atoms with van der Waals surface area (Å²) in [4.78, 5) is 17.9. The first-order valence-electron chi connectivity index (χ1n) is 10.4. The first-order chi connectivity index (χ1) is 16.4. The van der Waals surface area contributed by atoms with Crippen LogP contribution in [0.1, 0.15) is 16.7 Å². The van der Waals surface area contributed by atoms with Crippen LogP contribution in [0.4, 0.5) is 5.69 Å². The van der Waals surface area contributed by atoms with Crippen LogP contribution >= 0.6 is 46.6 Å². The highest BCUT2D eigenvalue weighted by Gasteiger charge is 2.24. The molecule has 34 heavy (non-hydrogen) atoms. The fourth-order valence-electron chi connectivity index (χ4n) is 3.79. The molecule has 3 aromatic carbocycles. The molecule has 1 amide bonds. The molecule has 1 N–H and O–H groups in total. The Hall–Kier alpha value is -2.70. The molecule has 1 aliphatic rings. The van der Waals surface area contributed by atoms with Gasteiger partial charge in [0.25, 0.3) is 5.91 Å². The number of benzene rings is 3. The van der Waals surface area contributed by atoms with Crippen molar-refractivity contribution in [3.8, 4) is 0 Å². The Bertz CT molecular complexity index is 1510. The van der Waals surface area contributed by atoms with Crippen LogP contribution in [0.15, 0.2) is 76.8 Å². The monoisotopic (exact) mass is 525 g/mol. The first kappa shape index (κ1) is 23.1. The number of amidine groups is 1. The predicted molar refractivity (Wildman–Crippen MR) is 144 cm³/mol. The third-order valence-electron chi connectivity index (χ3n) is 5.51. The van der Waals surface area contributed by atoms with Crippen molar-refractivity contribution in [1.82, 2.24) is 9.88 Å². The van der Waals surface area contributed by atoms with E-state index in [1.54, 1.807) is 12.1 Å². The zero-order valence-electron chi connectivity index (χ0n) is 18.0. The lowest BCUT2D eigenvalue weighted by Crippen LogP contribution is -2.19. The van der Waals surface area contributed by atoms with Gasteiger partial charge in [0, 0.05) is 44.3 Å². The van der Waals surface area contributed by atoms with Crippen molar-refractivity contribution in [1.29, 1.82) is 0 Å². The van der Waals surface area contributed by atoms with Crippen molar-refractivity contribution in [2.24, 2.45) is 4.99 Å². The topological polar surface area (TPSA) is 46.4 Å². The number of para-hydroxylation sites is 1. The van der Waals surface area contributed by atoms with Crippen molar-refractivity contribution < 1.29 is 4.79 Å². The molecule has 0 spiro atoms. The minimum atomic E-state index is -0.180. The molecule has 8 heteroatoms. The summed E-state index contributed by atoms with van der Waals surface area (Å²) >= 11 is 19.9. The molecule has 1 saturated heterocycles. The minimum absolute atomic E-state index is 0.180.